The molecule has 1 atom stereocenters. The Labute approximate surface area is 209 Å². The maximum Gasteiger partial charge on any atom is 0.338 e. The molecule has 1 heterocycles. The van der Waals surface area contributed by atoms with Gasteiger partial charge in [-0.1, -0.05) is 43.9 Å². The van der Waals surface area contributed by atoms with Gasteiger partial charge in [0, 0.05) is 28.8 Å². The second-order valence-corrected chi connectivity index (χ2v) is 9.28. The second-order valence-electron chi connectivity index (χ2n) is 9.28. The highest BCUT2D eigenvalue weighted by atomic mass is 19.1. The maximum absolute atomic E-state index is 14.1. The molecule has 6 nitrogen and oxygen atoms in total. The molecule has 0 radical (unpaired) electrons. The third-order valence-corrected chi connectivity index (χ3v) is 6.09. The third-order valence-electron chi connectivity index (χ3n) is 6.09. The van der Waals surface area contributed by atoms with Crippen molar-refractivity contribution < 1.29 is 28.6 Å². The topological polar surface area (TPSA) is 84.9 Å². The van der Waals surface area contributed by atoms with Gasteiger partial charge in [-0.25, -0.2) is 9.18 Å². The lowest BCUT2D eigenvalue weighted by atomic mass is 9.74. The standard InChI is InChI=1S/C29H26FNO5/c1-28(2,24-16-21(30)9-12-25(24)35-3)18-29(34,14-13-19-7-5-4-6-8-19)27(33)31-22-10-11-23-20(15-22)17-36-26(23)32/h4-12,15-16,34H,17-18H2,1-3H3,(H,31,33). The van der Waals surface area contributed by atoms with Crippen molar-refractivity contribution >= 4 is 17.6 Å². The minimum atomic E-state index is -2.15. The number of carbonyl (C=O) groups is 2. The fourth-order valence-electron chi connectivity index (χ4n) is 4.27. The van der Waals surface area contributed by atoms with E-state index in [4.69, 9.17) is 9.47 Å². The highest BCUT2D eigenvalue weighted by Crippen LogP contribution is 2.38. The molecular weight excluding hydrogens is 461 g/mol. The van der Waals surface area contributed by atoms with E-state index in [1.807, 2.05) is 6.07 Å². The number of esters is 1. The molecule has 0 bridgehead atoms. The number of ether oxygens (including phenoxy) is 2. The van der Waals surface area contributed by atoms with Crippen LogP contribution in [0.4, 0.5) is 10.1 Å². The van der Waals surface area contributed by atoms with Crippen molar-refractivity contribution in [3.8, 4) is 17.6 Å². The highest BCUT2D eigenvalue weighted by Gasteiger charge is 2.42. The van der Waals surface area contributed by atoms with E-state index in [2.05, 4.69) is 17.2 Å². The first kappa shape index (κ1) is 25.0. The molecule has 1 aliphatic rings. The van der Waals surface area contributed by atoms with Crippen LogP contribution >= 0.6 is 0 Å². The molecule has 0 fully saturated rings. The lowest BCUT2D eigenvalue weighted by Crippen LogP contribution is -2.46. The van der Waals surface area contributed by atoms with Gasteiger partial charge in [0.1, 0.15) is 18.2 Å². The Kier molecular flexibility index (Phi) is 6.82. The summed E-state index contributed by atoms with van der Waals surface area (Å²) >= 11 is 0. The number of rotatable bonds is 6. The SMILES string of the molecule is COc1ccc(F)cc1C(C)(C)CC(O)(C#Cc1ccccc1)C(=O)Nc1ccc2c(c1)COC2=O. The molecule has 0 aromatic heterocycles. The molecule has 0 aliphatic carbocycles. The average Bonchev–Trinajstić information content (AvgIpc) is 3.23. The van der Waals surface area contributed by atoms with Crippen LogP contribution in [0.2, 0.25) is 0 Å². The molecule has 0 saturated heterocycles. The number of halogens is 1. The zero-order valence-electron chi connectivity index (χ0n) is 20.2. The fourth-order valence-corrected chi connectivity index (χ4v) is 4.27. The van der Waals surface area contributed by atoms with Crippen LogP contribution in [0.25, 0.3) is 0 Å². The monoisotopic (exact) mass is 487 g/mol. The molecule has 1 unspecified atom stereocenters. The first-order valence-electron chi connectivity index (χ1n) is 11.4. The van der Waals surface area contributed by atoms with Gasteiger partial charge in [0.05, 0.1) is 12.7 Å². The molecule has 3 aromatic carbocycles. The molecule has 4 rings (SSSR count). The van der Waals surface area contributed by atoms with Gasteiger partial charge in [0.2, 0.25) is 5.60 Å². The molecule has 7 heteroatoms. The van der Waals surface area contributed by atoms with Crippen molar-refractivity contribution in [1.29, 1.82) is 0 Å². The summed E-state index contributed by atoms with van der Waals surface area (Å²) in [5, 5.41) is 14.4. The van der Waals surface area contributed by atoms with Crippen LogP contribution in [-0.4, -0.2) is 29.7 Å². The Hall–Kier alpha value is -4.15. The Bertz CT molecular complexity index is 1370. The Balaban J connectivity index is 1.70. The van der Waals surface area contributed by atoms with E-state index in [1.165, 1.54) is 25.3 Å². The minimum Gasteiger partial charge on any atom is -0.496 e. The van der Waals surface area contributed by atoms with Crippen molar-refractivity contribution in [1.82, 2.24) is 0 Å². The number of hydrogen-bond donors (Lipinski definition) is 2. The Morgan fingerprint density at radius 2 is 1.89 bits per heavy atom. The number of anilines is 1. The van der Waals surface area contributed by atoms with E-state index in [1.54, 1.807) is 56.3 Å². The van der Waals surface area contributed by atoms with Gasteiger partial charge in [-0.15, -0.1) is 0 Å². The van der Waals surface area contributed by atoms with Crippen LogP contribution in [0.5, 0.6) is 5.75 Å². The number of amides is 1. The van der Waals surface area contributed by atoms with E-state index in [9.17, 15) is 19.1 Å². The molecule has 2 N–H and O–H groups in total. The summed E-state index contributed by atoms with van der Waals surface area (Å²) in [7, 11) is 1.48. The number of methoxy groups -OCH3 is 1. The van der Waals surface area contributed by atoms with Gasteiger partial charge < -0.3 is 19.9 Å². The molecule has 1 aliphatic heterocycles. The Morgan fingerprint density at radius 3 is 2.61 bits per heavy atom. The smallest absolute Gasteiger partial charge is 0.338 e. The number of benzene rings is 3. The number of fused-ring (bicyclic) bond motifs is 1. The first-order chi connectivity index (χ1) is 17.1. The molecule has 3 aromatic rings. The van der Waals surface area contributed by atoms with Gasteiger partial charge >= 0.3 is 5.97 Å². The largest absolute Gasteiger partial charge is 0.496 e. The van der Waals surface area contributed by atoms with E-state index in [0.717, 1.165) is 0 Å². The molecule has 0 saturated carbocycles. The zero-order chi connectivity index (χ0) is 25.9. The van der Waals surface area contributed by atoms with Crippen molar-refractivity contribution in [3.05, 3.63) is 94.8 Å². The van der Waals surface area contributed by atoms with Gasteiger partial charge in [-0.2, -0.15) is 0 Å². The number of cyclic esters (lactones) is 1. The van der Waals surface area contributed by atoms with E-state index in [-0.39, 0.29) is 13.0 Å². The summed E-state index contributed by atoms with van der Waals surface area (Å²) < 4.78 is 24.6. The van der Waals surface area contributed by atoms with Crippen molar-refractivity contribution in [2.75, 3.05) is 12.4 Å². The Morgan fingerprint density at radius 1 is 1.14 bits per heavy atom. The maximum atomic E-state index is 14.1. The van der Waals surface area contributed by atoms with E-state index in [0.29, 0.717) is 33.7 Å². The lowest BCUT2D eigenvalue weighted by molar-refractivity contribution is -0.130. The predicted octanol–water partition coefficient (Wildman–Crippen LogP) is 4.59. The summed E-state index contributed by atoms with van der Waals surface area (Å²) in [5.74, 6) is 4.44. The van der Waals surface area contributed by atoms with Crippen LogP contribution in [0, 0.1) is 17.7 Å². The van der Waals surface area contributed by atoms with Crippen LogP contribution in [0.1, 0.15) is 47.3 Å². The molecule has 36 heavy (non-hydrogen) atoms. The first-order valence-corrected chi connectivity index (χ1v) is 11.4. The van der Waals surface area contributed by atoms with Crippen molar-refractivity contribution in [2.24, 2.45) is 0 Å². The fraction of sp³-hybridized carbons (Fsp3) is 0.241. The average molecular weight is 488 g/mol. The van der Waals surface area contributed by atoms with E-state index >= 15 is 0 Å². The molecule has 0 spiro atoms. The summed E-state index contributed by atoms with van der Waals surface area (Å²) in [6, 6.07) is 17.9. The molecular formula is C29H26FNO5. The van der Waals surface area contributed by atoms with Gasteiger partial charge in [-0.3, -0.25) is 4.79 Å². The van der Waals surface area contributed by atoms with Crippen molar-refractivity contribution in [2.45, 2.75) is 37.9 Å². The van der Waals surface area contributed by atoms with Crippen molar-refractivity contribution in [3.63, 3.8) is 0 Å². The molecule has 1 amide bonds. The highest BCUT2D eigenvalue weighted by molar-refractivity contribution is 6.01. The third kappa shape index (κ3) is 5.24. The second kappa shape index (κ2) is 9.84. The molecule has 184 valence electrons. The summed E-state index contributed by atoms with van der Waals surface area (Å²) in [5.41, 5.74) is -0.486. The summed E-state index contributed by atoms with van der Waals surface area (Å²) in [6.45, 7) is 3.68. The number of hydrogen-bond acceptors (Lipinski definition) is 5. The predicted molar refractivity (Wildman–Crippen MR) is 133 cm³/mol. The summed E-state index contributed by atoms with van der Waals surface area (Å²) in [4.78, 5) is 25.2. The number of carbonyl (C=O) groups excluding carboxylic acids is 2. The normalized spacial score (nSPS) is 14.1. The van der Waals surface area contributed by atoms with Gasteiger partial charge in [0.15, 0.2) is 0 Å². The summed E-state index contributed by atoms with van der Waals surface area (Å²) in [6.07, 6.45) is -0.155. The van der Waals surface area contributed by atoms with Crippen LogP contribution in [0.15, 0.2) is 66.7 Å². The van der Waals surface area contributed by atoms with Gasteiger partial charge in [-0.05, 0) is 53.9 Å². The number of aliphatic hydroxyl groups is 1. The van der Waals surface area contributed by atoms with Crippen LogP contribution < -0.4 is 10.1 Å². The van der Waals surface area contributed by atoms with Gasteiger partial charge in [0.25, 0.3) is 5.91 Å². The quantitative estimate of drug-likeness (QED) is 0.392. The lowest BCUT2D eigenvalue weighted by Gasteiger charge is -2.33. The van der Waals surface area contributed by atoms with Crippen LogP contribution in [0.3, 0.4) is 0 Å². The zero-order valence-corrected chi connectivity index (χ0v) is 20.2. The van der Waals surface area contributed by atoms with Crippen LogP contribution in [-0.2, 0) is 21.6 Å². The number of nitrogens with one attached hydrogen (secondary N) is 1. The minimum absolute atomic E-state index is 0.113. The van der Waals surface area contributed by atoms with E-state index < -0.39 is 28.7 Å².